The summed E-state index contributed by atoms with van der Waals surface area (Å²) in [6.07, 6.45) is 3.48. The highest BCUT2D eigenvalue weighted by Gasteiger charge is 2.11. The van der Waals surface area contributed by atoms with Crippen molar-refractivity contribution in [1.82, 2.24) is 10.3 Å². The van der Waals surface area contributed by atoms with Gasteiger partial charge in [0.2, 0.25) is 0 Å². The average Bonchev–Trinajstić information content (AvgIpc) is 2.68. The molecule has 1 aromatic heterocycles. The van der Waals surface area contributed by atoms with Crippen LogP contribution in [0.4, 0.5) is 0 Å². The van der Waals surface area contributed by atoms with Crippen molar-refractivity contribution in [3.05, 3.63) is 87.2 Å². The minimum Gasteiger partial charge on any atom is -0.392 e. The first-order chi connectivity index (χ1) is 13.0. The summed E-state index contributed by atoms with van der Waals surface area (Å²) in [5.41, 5.74) is 4.83. The highest BCUT2D eigenvalue weighted by atomic mass is 35.5. The molecule has 3 rings (SSSR count). The molecule has 1 heterocycles. The summed E-state index contributed by atoms with van der Waals surface area (Å²) in [7, 11) is 0. The van der Waals surface area contributed by atoms with E-state index in [1.165, 1.54) is 0 Å². The molecule has 0 spiro atoms. The Morgan fingerprint density at radius 1 is 1.07 bits per heavy atom. The lowest BCUT2D eigenvalue weighted by molar-refractivity contribution is 0.0950. The van der Waals surface area contributed by atoms with Gasteiger partial charge in [-0.3, -0.25) is 9.78 Å². The van der Waals surface area contributed by atoms with Crippen LogP contribution in [0, 0.1) is 6.92 Å². The minimum atomic E-state index is -0.232. The van der Waals surface area contributed by atoms with Gasteiger partial charge in [0, 0.05) is 24.5 Å². The molecule has 0 fully saturated rings. The number of nitrogens with zero attached hydrogens (tertiary/aromatic N) is 1. The molecule has 0 saturated heterocycles. The standard InChI is InChI=1S/C21H18Cl2N2O2/c1-13-10-24-5-4-18(13)16-6-15(12-26)7-17(9-16)21(27)25-11-14-2-3-19(22)20(23)8-14/h2-10,26H,11-12H2,1H3,(H,25,27). The van der Waals surface area contributed by atoms with Crippen LogP contribution in [0.5, 0.6) is 0 Å². The van der Waals surface area contributed by atoms with Crippen molar-refractivity contribution in [2.45, 2.75) is 20.1 Å². The third-order valence-corrected chi connectivity index (χ3v) is 4.94. The van der Waals surface area contributed by atoms with Crippen molar-refractivity contribution in [3.63, 3.8) is 0 Å². The van der Waals surface area contributed by atoms with Gasteiger partial charge in [-0.2, -0.15) is 0 Å². The van der Waals surface area contributed by atoms with Gasteiger partial charge in [-0.1, -0.05) is 29.3 Å². The monoisotopic (exact) mass is 400 g/mol. The number of aromatic nitrogens is 1. The largest absolute Gasteiger partial charge is 0.392 e. The number of hydrogen-bond donors (Lipinski definition) is 2. The number of nitrogens with one attached hydrogen (secondary N) is 1. The Balaban J connectivity index is 1.84. The Labute approximate surface area is 167 Å². The van der Waals surface area contributed by atoms with Crippen LogP contribution in [0.2, 0.25) is 10.0 Å². The molecule has 138 valence electrons. The number of carbonyl (C=O) groups is 1. The summed E-state index contributed by atoms with van der Waals surface area (Å²) >= 11 is 11.9. The molecule has 2 N–H and O–H groups in total. The molecule has 4 nitrogen and oxygen atoms in total. The van der Waals surface area contributed by atoms with Gasteiger partial charge < -0.3 is 10.4 Å². The number of hydrogen-bond acceptors (Lipinski definition) is 3. The molecule has 0 atom stereocenters. The third kappa shape index (κ3) is 4.66. The first-order valence-corrected chi connectivity index (χ1v) is 9.11. The number of aryl methyl sites for hydroxylation is 1. The maximum atomic E-state index is 12.6. The lowest BCUT2D eigenvalue weighted by Crippen LogP contribution is -2.23. The average molecular weight is 401 g/mol. The molecule has 0 aliphatic carbocycles. The predicted molar refractivity (Wildman–Crippen MR) is 108 cm³/mol. The molecule has 6 heteroatoms. The topological polar surface area (TPSA) is 62.2 Å². The quantitative estimate of drug-likeness (QED) is 0.647. The van der Waals surface area contributed by atoms with Gasteiger partial charge in [0.1, 0.15) is 0 Å². The molecule has 0 unspecified atom stereocenters. The van der Waals surface area contributed by atoms with E-state index in [2.05, 4.69) is 10.3 Å². The molecular weight excluding hydrogens is 383 g/mol. The molecule has 0 aliphatic rings. The Bertz CT molecular complexity index is 990. The Morgan fingerprint density at radius 2 is 1.89 bits per heavy atom. The van der Waals surface area contributed by atoms with Crippen LogP contribution in [-0.2, 0) is 13.2 Å². The number of amides is 1. The fourth-order valence-electron chi connectivity index (χ4n) is 2.80. The highest BCUT2D eigenvalue weighted by Crippen LogP contribution is 2.26. The zero-order chi connectivity index (χ0) is 19.4. The second kappa shape index (κ2) is 8.53. The maximum Gasteiger partial charge on any atom is 0.251 e. The highest BCUT2D eigenvalue weighted by molar-refractivity contribution is 6.42. The Kier molecular flexibility index (Phi) is 6.11. The molecule has 27 heavy (non-hydrogen) atoms. The second-order valence-corrected chi connectivity index (χ2v) is 7.01. The third-order valence-electron chi connectivity index (χ3n) is 4.21. The van der Waals surface area contributed by atoms with E-state index in [9.17, 15) is 9.90 Å². The summed E-state index contributed by atoms with van der Waals surface area (Å²) in [6, 6.07) is 12.5. The summed E-state index contributed by atoms with van der Waals surface area (Å²) in [4.78, 5) is 16.7. The Hall–Kier alpha value is -2.40. The van der Waals surface area contributed by atoms with Gasteiger partial charge >= 0.3 is 0 Å². The van der Waals surface area contributed by atoms with Crippen LogP contribution < -0.4 is 5.32 Å². The molecular formula is C21H18Cl2N2O2. The maximum absolute atomic E-state index is 12.6. The van der Waals surface area contributed by atoms with Crippen molar-refractivity contribution in [2.24, 2.45) is 0 Å². The first kappa shape index (κ1) is 19.4. The number of benzene rings is 2. The summed E-state index contributed by atoms with van der Waals surface area (Å²) < 4.78 is 0. The first-order valence-electron chi connectivity index (χ1n) is 8.36. The van der Waals surface area contributed by atoms with E-state index in [4.69, 9.17) is 23.2 Å². The lowest BCUT2D eigenvalue weighted by atomic mass is 9.97. The molecule has 2 aromatic carbocycles. The number of carbonyl (C=O) groups excluding carboxylic acids is 1. The van der Waals surface area contributed by atoms with E-state index in [0.717, 1.165) is 22.3 Å². The predicted octanol–water partition coefficient (Wildman–Crippen LogP) is 4.79. The molecule has 0 radical (unpaired) electrons. The molecule has 3 aromatic rings. The molecule has 0 aliphatic heterocycles. The Morgan fingerprint density at radius 3 is 2.59 bits per heavy atom. The van der Waals surface area contributed by atoms with Gasteiger partial charge in [-0.05, 0) is 71.1 Å². The lowest BCUT2D eigenvalue weighted by Gasteiger charge is -2.11. The number of pyridine rings is 1. The van der Waals surface area contributed by atoms with Crippen LogP contribution in [0.25, 0.3) is 11.1 Å². The van der Waals surface area contributed by atoms with Gasteiger partial charge in [0.15, 0.2) is 0 Å². The van der Waals surface area contributed by atoms with E-state index >= 15 is 0 Å². The number of rotatable bonds is 5. The smallest absolute Gasteiger partial charge is 0.251 e. The summed E-state index contributed by atoms with van der Waals surface area (Å²) in [6.45, 7) is 2.13. The van der Waals surface area contributed by atoms with Crippen molar-refractivity contribution >= 4 is 29.1 Å². The summed E-state index contributed by atoms with van der Waals surface area (Å²) in [5, 5.41) is 13.4. The van der Waals surface area contributed by atoms with E-state index in [0.29, 0.717) is 27.7 Å². The molecule has 1 amide bonds. The van der Waals surface area contributed by atoms with Gasteiger partial charge in [-0.25, -0.2) is 0 Å². The van der Waals surface area contributed by atoms with E-state index in [-0.39, 0.29) is 12.5 Å². The van der Waals surface area contributed by atoms with E-state index in [1.54, 1.807) is 30.6 Å². The minimum absolute atomic E-state index is 0.148. The zero-order valence-electron chi connectivity index (χ0n) is 14.7. The van der Waals surface area contributed by atoms with E-state index < -0.39 is 0 Å². The van der Waals surface area contributed by atoms with Crippen LogP contribution in [0.1, 0.15) is 27.0 Å². The SMILES string of the molecule is Cc1cnccc1-c1cc(CO)cc(C(=O)NCc2ccc(Cl)c(Cl)c2)c1. The van der Waals surface area contributed by atoms with Crippen LogP contribution in [-0.4, -0.2) is 16.0 Å². The number of halogens is 2. The molecule has 0 saturated carbocycles. The van der Waals surface area contributed by atoms with Gasteiger partial charge in [-0.15, -0.1) is 0 Å². The van der Waals surface area contributed by atoms with Crippen LogP contribution >= 0.6 is 23.2 Å². The summed E-state index contributed by atoms with van der Waals surface area (Å²) in [5.74, 6) is -0.232. The fourth-order valence-corrected chi connectivity index (χ4v) is 3.12. The normalized spacial score (nSPS) is 10.7. The van der Waals surface area contributed by atoms with Crippen LogP contribution in [0.15, 0.2) is 54.9 Å². The molecule has 0 bridgehead atoms. The van der Waals surface area contributed by atoms with E-state index in [1.807, 2.05) is 31.2 Å². The zero-order valence-corrected chi connectivity index (χ0v) is 16.2. The fraction of sp³-hybridized carbons (Fsp3) is 0.143. The van der Waals surface area contributed by atoms with Crippen molar-refractivity contribution in [3.8, 4) is 11.1 Å². The van der Waals surface area contributed by atoms with Gasteiger partial charge in [0.25, 0.3) is 5.91 Å². The van der Waals surface area contributed by atoms with Gasteiger partial charge in [0.05, 0.1) is 16.7 Å². The number of aliphatic hydroxyl groups is 1. The van der Waals surface area contributed by atoms with Crippen molar-refractivity contribution in [2.75, 3.05) is 0 Å². The van der Waals surface area contributed by atoms with Crippen LogP contribution in [0.3, 0.4) is 0 Å². The van der Waals surface area contributed by atoms with Crippen molar-refractivity contribution < 1.29 is 9.90 Å². The second-order valence-electron chi connectivity index (χ2n) is 6.20. The number of aliphatic hydroxyl groups excluding tert-OH is 1. The van der Waals surface area contributed by atoms with Crippen molar-refractivity contribution in [1.29, 1.82) is 0 Å².